The largest absolute Gasteiger partial charge is 0.322 e. The summed E-state index contributed by atoms with van der Waals surface area (Å²) in [6, 6.07) is 37.5. The quantitative estimate of drug-likeness (QED) is 0.0413. The monoisotopic (exact) mass is 987 g/mol. The van der Waals surface area contributed by atoms with E-state index in [1.807, 2.05) is 0 Å². The normalized spacial score (nSPS) is 12.0. The van der Waals surface area contributed by atoms with Crippen molar-refractivity contribution < 1.29 is 53.3 Å². The van der Waals surface area contributed by atoms with Crippen molar-refractivity contribution in [2.45, 2.75) is 14.7 Å². The summed E-state index contributed by atoms with van der Waals surface area (Å²) >= 11 is 0. The molecule has 24 heteroatoms. The Bertz CT molecular complexity index is 3120. The maximum Gasteiger partial charge on any atom is 0.294 e. The molecule has 0 heterocycles. The number of benzene rings is 7. The molecule has 0 atom stereocenters. The fourth-order valence-corrected chi connectivity index (χ4v) is 7.31. The van der Waals surface area contributed by atoms with Gasteiger partial charge >= 0.3 is 0 Å². The molecule has 0 fully saturated rings. The molecule has 0 aromatic heterocycles. The molecule has 0 spiro atoms. The molecule has 0 unspecified atom stereocenters. The molecule has 0 aliphatic heterocycles. The number of hydrogen-bond donors (Lipinski definition) is 6. The Morgan fingerprint density at radius 1 is 0.304 bits per heavy atom. The van der Waals surface area contributed by atoms with Gasteiger partial charge in [0, 0.05) is 33.8 Å². The molecular formula is C45H33N9O12S3. The molecule has 0 bridgehead atoms. The summed E-state index contributed by atoms with van der Waals surface area (Å²) in [7, 11) is -13.1. The van der Waals surface area contributed by atoms with Crippen LogP contribution in [0.1, 0.15) is 31.1 Å². The van der Waals surface area contributed by atoms with E-state index in [-0.39, 0.29) is 31.4 Å². The minimum absolute atomic E-state index is 0.0642. The molecule has 0 aliphatic carbocycles. The Hall–Kier alpha value is -8.52. The van der Waals surface area contributed by atoms with Crippen molar-refractivity contribution in [3.05, 3.63) is 180 Å². The van der Waals surface area contributed by atoms with Crippen LogP contribution >= 0.6 is 0 Å². The molecule has 0 radical (unpaired) electrons. The van der Waals surface area contributed by atoms with Gasteiger partial charge < -0.3 is 16.0 Å². The van der Waals surface area contributed by atoms with E-state index in [1.165, 1.54) is 127 Å². The van der Waals surface area contributed by atoms with Gasteiger partial charge in [0.15, 0.2) is 0 Å². The molecule has 69 heavy (non-hydrogen) atoms. The highest BCUT2D eigenvalue weighted by atomic mass is 32.2. The van der Waals surface area contributed by atoms with Gasteiger partial charge in [0.05, 0.1) is 48.8 Å². The number of carbonyl (C=O) groups excluding carboxylic acids is 3. The van der Waals surface area contributed by atoms with Crippen LogP contribution in [-0.2, 0) is 30.4 Å². The van der Waals surface area contributed by atoms with Crippen molar-refractivity contribution in [2.75, 3.05) is 16.0 Å². The number of carbonyl (C=O) groups is 3. The SMILES string of the molecule is O=C(Nc1ccc(N=Nc2ccc(S(=O)(=O)O)cc2)cc1)c1cc(C(=O)Nc2ccc(N=Nc3ccc(S(=O)(=O)O)cc3)cc2)cc(C(=O)Nc2ccc(N=Nc3ccc(S(=O)(=O)O)cc3)cc2)c1. The summed E-state index contributed by atoms with van der Waals surface area (Å²) in [5.41, 5.74) is 2.79. The predicted octanol–water partition coefficient (Wildman–Crippen LogP) is 10.4. The zero-order chi connectivity index (χ0) is 49.3. The van der Waals surface area contributed by atoms with Crippen molar-refractivity contribution in [3.8, 4) is 0 Å². The average molecular weight is 988 g/mol. The van der Waals surface area contributed by atoms with E-state index in [4.69, 9.17) is 0 Å². The summed E-state index contributed by atoms with van der Waals surface area (Å²) in [5, 5.41) is 32.6. The highest BCUT2D eigenvalue weighted by molar-refractivity contribution is 7.86. The van der Waals surface area contributed by atoms with E-state index in [2.05, 4.69) is 46.6 Å². The highest BCUT2D eigenvalue weighted by Gasteiger charge is 2.18. The van der Waals surface area contributed by atoms with Crippen LogP contribution in [0.4, 0.5) is 51.2 Å². The summed E-state index contributed by atoms with van der Waals surface area (Å²) in [5.74, 6) is -2.05. The number of hydrogen-bond acceptors (Lipinski definition) is 15. The second-order valence-electron chi connectivity index (χ2n) is 14.3. The van der Waals surface area contributed by atoms with E-state index >= 15 is 0 Å². The molecule has 0 aliphatic rings. The fraction of sp³-hybridized carbons (Fsp3) is 0. The number of amides is 3. The predicted molar refractivity (Wildman–Crippen MR) is 251 cm³/mol. The molecule has 3 amide bonds. The van der Waals surface area contributed by atoms with Gasteiger partial charge in [0.25, 0.3) is 48.1 Å². The van der Waals surface area contributed by atoms with Crippen LogP contribution < -0.4 is 16.0 Å². The van der Waals surface area contributed by atoms with Gasteiger partial charge in [-0.3, -0.25) is 28.0 Å². The smallest absolute Gasteiger partial charge is 0.294 e. The number of azo groups is 3. The topological polar surface area (TPSA) is 325 Å². The van der Waals surface area contributed by atoms with E-state index in [0.29, 0.717) is 51.2 Å². The number of nitrogens with one attached hydrogen (secondary N) is 3. The Labute approximate surface area is 392 Å². The van der Waals surface area contributed by atoms with Crippen LogP contribution in [0.25, 0.3) is 0 Å². The lowest BCUT2D eigenvalue weighted by molar-refractivity contribution is 0.102. The number of nitrogens with zero attached hydrogens (tertiary/aromatic N) is 6. The molecule has 21 nitrogen and oxygen atoms in total. The molecule has 0 saturated heterocycles. The molecule has 7 aromatic carbocycles. The van der Waals surface area contributed by atoms with Crippen molar-refractivity contribution in [3.63, 3.8) is 0 Å². The molecule has 7 aromatic rings. The van der Waals surface area contributed by atoms with Crippen LogP contribution in [0.15, 0.2) is 209 Å². The molecular weight excluding hydrogens is 955 g/mol. The Balaban J connectivity index is 1.07. The van der Waals surface area contributed by atoms with Gasteiger partial charge in [0.1, 0.15) is 0 Å². The van der Waals surface area contributed by atoms with Crippen molar-refractivity contribution in [2.24, 2.45) is 30.7 Å². The van der Waals surface area contributed by atoms with Crippen LogP contribution in [-0.4, -0.2) is 56.6 Å². The number of rotatable bonds is 15. The maximum atomic E-state index is 13.7. The zero-order valence-corrected chi connectivity index (χ0v) is 37.5. The minimum atomic E-state index is -4.38. The van der Waals surface area contributed by atoms with E-state index in [1.54, 1.807) is 36.4 Å². The third kappa shape index (κ3) is 13.5. The summed E-state index contributed by atoms with van der Waals surface area (Å²) < 4.78 is 95.4. The van der Waals surface area contributed by atoms with Crippen LogP contribution in [0.3, 0.4) is 0 Å². The lowest BCUT2D eigenvalue weighted by Crippen LogP contribution is -2.19. The molecule has 348 valence electrons. The van der Waals surface area contributed by atoms with Gasteiger partial charge in [-0.2, -0.15) is 55.9 Å². The highest BCUT2D eigenvalue weighted by Crippen LogP contribution is 2.26. The van der Waals surface area contributed by atoms with Gasteiger partial charge in [0.2, 0.25) is 0 Å². The third-order valence-electron chi connectivity index (χ3n) is 9.34. The van der Waals surface area contributed by atoms with Gasteiger partial charge in [-0.05, 0) is 164 Å². The van der Waals surface area contributed by atoms with Crippen LogP contribution in [0.5, 0.6) is 0 Å². The van der Waals surface area contributed by atoms with Gasteiger partial charge in [-0.1, -0.05) is 0 Å². The average Bonchev–Trinajstić information content (AvgIpc) is 3.32. The van der Waals surface area contributed by atoms with Crippen molar-refractivity contribution >= 4 is 99.3 Å². The maximum absolute atomic E-state index is 13.7. The zero-order valence-electron chi connectivity index (χ0n) is 35.0. The van der Waals surface area contributed by atoms with E-state index < -0.39 is 48.1 Å². The Morgan fingerprint density at radius 3 is 0.652 bits per heavy atom. The summed E-state index contributed by atoms with van der Waals surface area (Å²) in [6.45, 7) is 0. The number of anilines is 3. The van der Waals surface area contributed by atoms with Crippen molar-refractivity contribution in [1.82, 2.24) is 0 Å². The minimum Gasteiger partial charge on any atom is -0.322 e. The van der Waals surface area contributed by atoms with Gasteiger partial charge in [-0.25, -0.2) is 0 Å². The van der Waals surface area contributed by atoms with Gasteiger partial charge in [-0.15, -0.1) is 0 Å². The second kappa shape index (κ2) is 20.6. The first-order valence-electron chi connectivity index (χ1n) is 19.6. The lowest BCUT2D eigenvalue weighted by Gasteiger charge is -2.12. The first kappa shape index (κ1) is 48.4. The third-order valence-corrected chi connectivity index (χ3v) is 11.9. The standard InChI is InChI=1S/C45H33N9O12S3/c55-43(46-31-1-7-34(8-2-31)49-52-37-13-19-40(20-14-37)67(58,59)60)28-25-29(44(56)47-32-3-9-35(10-4-32)50-53-38-15-21-41(22-16-38)68(61,62)63)27-30(26-28)45(57)48-33-5-11-36(12-6-33)51-54-39-17-23-42(24-18-39)69(64,65)66/h1-27H,(H,46,55)(H,47,56)(H,48,57)(H,58,59,60)(H,61,62,63)(H,64,65,66). The van der Waals surface area contributed by atoms with Crippen LogP contribution in [0, 0.1) is 0 Å². The molecule has 0 saturated carbocycles. The van der Waals surface area contributed by atoms with Crippen LogP contribution in [0.2, 0.25) is 0 Å². The first-order chi connectivity index (χ1) is 32.7. The Morgan fingerprint density at radius 2 is 0.478 bits per heavy atom. The second-order valence-corrected chi connectivity index (χ2v) is 18.6. The van der Waals surface area contributed by atoms with Crippen molar-refractivity contribution in [1.29, 1.82) is 0 Å². The molecule has 7 rings (SSSR count). The van der Waals surface area contributed by atoms with E-state index in [9.17, 15) is 53.3 Å². The Kier molecular flexibility index (Phi) is 14.4. The molecule has 6 N–H and O–H groups in total. The van der Waals surface area contributed by atoms with E-state index in [0.717, 1.165) is 0 Å². The summed E-state index contributed by atoms with van der Waals surface area (Å²) in [6.07, 6.45) is 0. The fourth-order valence-electron chi connectivity index (χ4n) is 5.87. The lowest BCUT2D eigenvalue weighted by atomic mass is 10.0. The summed E-state index contributed by atoms with van der Waals surface area (Å²) in [4.78, 5) is 40.2. The first-order valence-corrected chi connectivity index (χ1v) is 23.9.